The van der Waals surface area contributed by atoms with Crippen LogP contribution < -0.4 is 5.32 Å². The van der Waals surface area contributed by atoms with E-state index in [2.05, 4.69) is 5.32 Å². The fraction of sp³-hybridized carbons (Fsp3) is 0.929. The Bertz CT molecular complexity index is 249. The van der Waals surface area contributed by atoms with E-state index in [1.165, 1.54) is 0 Å². The molecule has 0 unspecified atom stereocenters. The maximum atomic E-state index is 11.7. The second kappa shape index (κ2) is 5.38. The van der Waals surface area contributed by atoms with Gasteiger partial charge in [-0.3, -0.25) is 4.79 Å². The molecule has 0 radical (unpaired) electrons. The standard InChI is InChI=1S/C12H21NO2.C2H6/c1-9(2)10(14)13-11-3-6-12(15,7-4-11)8-5-11;1-2/h9,15H,3-8H2,1-2H3,(H,13,14);1-2H3. The lowest BCUT2D eigenvalue weighted by Crippen LogP contribution is -2.59. The zero-order chi connectivity index (χ0) is 13.1. The Morgan fingerprint density at radius 1 is 1.06 bits per heavy atom. The van der Waals surface area contributed by atoms with Crippen molar-refractivity contribution in [2.45, 2.75) is 77.4 Å². The second-order valence-electron chi connectivity index (χ2n) is 5.65. The van der Waals surface area contributed by atoms with Crippen LogP contribution in [0.2, 0.25) is 0 Å². The van der Waals surface area contributed by atoms with E-state index < -0.39 is 5.60 Å². The molecule has 3 aliphatic carbocycles. The van der Waals surface area contributed by atoms with E-state index in [0.717, 1.165) is 38.5 Å². The van der Waals surface area contributed by atoms with E-state index in [1.807, 2.05) is 27.7 Å². The van der Waals surface area contributed by atoms with Crippen molar-refractivity contribution in [2.75, 3.05) is 0 Å². The van der Waals surface area contributed by atoms with Crippen molar-refractivity contribution < 1.29 is 9.90 Å². The molecule has 0 aromatic heterocycles. The number of fused-ring (bicyclic) bond motifs is 3. The molecule has 0 saturated heterocycles. The Kier molecular flexibility index (Phi) is 4.59. The molecule has 3 nitrogen and oxygen atoms in total. The zero-order valence-corrected chi connectivity index (χ0v) is 11.7. The largest absolute Gasteiger partial charge is 0.390 e. The lowest BCUT2D eigenvalue weighted by molar-refractivity contribution is -0.131. The smallest absolute Gasteiger partial charge is 0.222 e. The molecule has 3 fully saturated rings. The third kappa shape index (κ3) is 3.21. The molecule has 0 aromatic carbocycles. The summed E-state index contributed by atoms with van der Waals surface area (Å²) in [5.41, 5.74) is -0.407. The van der Waals surface area contributed by atoms with Crippen LogP contribution in [0.3, 0.4) is 0 Å². The monoisotopic (exact) mass is 241 g/mol. The van der Waals surface area contributed by atoms with Gasteiger partial charge in [0.1, 0.15) is 0 Å². The van der Waals surface area contributed by atoms with Gasteiger partial charge in [0.25, 0.3) is 0 Å². The van der Waals surface area contributed by atoms with Gasteiger partial charge in [-0.15, -0.1) is 0 Å². The molecule has 3 rings (SSSR count). The highest BCUT2D eigenvalue weighted by atomic mass is 16.3. The highest BCUT2D eigenvalue weighted by Crippen LogP contribution is 2.46. The number of hydrogen-bond donors (Lipinski definition) is 2. The minimum Gasteiger partial charge on any atom is -0.390 e. The first-order valence-corrected chi connectivity index (χ1v) is 6.99. The van der Waals surface area contributed by atoms with E-state index >= 15 is 0 Å². The average molecular weight is 241 g/mol. The fourth-order valence-electron chi connectivity index (χ4n) is 2.76. The number of hydrogen-bond acceptors (Lipinski definition) is 2. The van der Waals surface area contributed by atoms with Crippen molar-refractivity contribution in [1.29, 1.82) is 0 Å². The normalized spacial score (nSPS) is 35.2. The Hall–Kier alpha value is -0.570. The van der Waals surface area contributed by atoms with Gasteiger partial charge in [0.15, 0.2) is 0 Å². The molecule has 100 valence electrons. The molecular formula is C14H27NO2. The van der Waals surface area contributed by atoms with Crippen molar-refractivity contribution in [3.05, 3.63) is 0 Å². The molecule has 0 spiro atoms. The Labute approximate surface area is 105 Å². The van der Waals surface area contributed by atoms with Crippen LogP contribution in [0, 0.1) is 5.92 Å². The van der Waals surface area contributed by atoms with Crippen LogP contribution in [0.15, 0.2) is 0 Å². The SMILES string of the molecule is CC.CC(C)C(=O)NC12CCC(O)(CC1)CC2. The van der Waals surface area contributed by atoms with E-state index in [0.29, 0.717) is 0 Å². The van der Waals surface area contributed by atoms with Gasteiger partial charge < -0.3 is 10.4 Å². The van der Waals surface area contributed by atoms with Crippen LogP contribution in [0.1, 0.15) is 66.2 Å². The average Bonchev–Trinajstić information content (AvgIpc) is 2.34. The van der Waals surface area contributed by atoms with Crippen LogP contribution in [0.25, 0.3) is 0 Å². The summed E-state index contributed by atoms with van der Waals surface area (Å²) in [6.07, 6.45) is 5.40. The summed E-state index contributed by atoms with van der Waals surface area (Å²) in [4.78, 5) is 11.7. The predicted octanol–water partition coefficient (Wildman–Crippen LogP) is 2.62. The molecule has 3 aliphatic rings. The van der Waals surface area contributed by atoms with Gasteiger partial charge in [-0.25, -0.2) is 0 Å². The minimum absolute atomic E-state index is 0.00579. The number of aliphatic hydroxyl groups is 1. The Morgan fingerprint density at radius 3 is 1.82 bits per heavy atom. The summed E-state index contributed by atoms with van der Waals surface area (Å²) >= 11 is 0. The minimum atomic E-state index is -0.412. The maximum Gasteiger partial charge on any atom is 0.222 e. The third-order valence-electron chi connectivity index (χ3n) is 4.12. The lowest BCUT2D eigenvalue weighted by atomic mass is 9.63. The van der Waals surface area contributed by atoms with E-state index in [1.54, 1.807) is 0 Å². The van der Waals surface area contributed by atoms with Gasteiger partial charge in [0, 0.05) is 11.5 Å². The molecule has 1 amide bonds. The van der Waals surface area contributed by atoms with Gasteiger partial charge in [-0.1, -0.05) is 27.7 Å². The summed E-state index contributed by atoms with van der Waals surface area (Å²) in [6.45, 7) is 7.85. The van der Waals surface area contributed by atoms with Crippen molar-refractivity contribution in [3.63, 3.8) is 0 Å². The molecule has 3 heteroatoms. The predicted molar refractivity (Wildman–Crippen MR) is 69.7 cm³/mol. The molecular weight excluding hydrogens is 214 g/mol. The molecule has 0 heterocycles. The van der Waals surface area contributed by atoms with Crippen molar-refractivity contribution in [2.24, 2.45) is 5.92 Å². The molecule has 0 aliphatic heterocycles. The maximum absolute atomic E-state index is 11.7. The topological polar surface area (TPSA) is 49.3 Å². The van der Waals surface area contributed by atoms with Gasteiger partial charge in [-0.05, 0) is 38.5 Å². The van der Waals surface area contributed by atoms with Crippen molar-refractivity contribution >= 4 is 5.91 Å². The number of carbonyl (C=O) groups is 1. The Morgan fingerprint density at radius 2 is 1.47 bits per heavy atom. The highest BCUT2D eigenvalue weighted by Gasteiger charge is 2.48. The van der Waals surface area contributed by atoms with Gasteiger partial charge in [-0.2, -0.15) is 0 Å². The van der Waals surface area contributed by atoms with Crippen LogP contribution in [-0.2, 0) is 4.79 Å². The first kappa shape index (κ1) is 14.5. The molecule has 17 heavy (non-hydrogen) atoms. The zero-order valence-electron chi connectivity index (χ0n) is 11.7. The number of rotatable bonds is 2. The molecule has 2 N–H and O–H groups in total. The summed E-state index contributed by atoms with van der Waals surface area (Å²) in [7, 11) is 0. The lowest BCUT2D eigenvalue weighted by Gasteiger charge is -2.51. The fourth-order valence-corrected chi connectivity index (χ4v) is 2.76. The van der Waals surface area contributed by atoms with Crippen molar-refractivity contribution in [3.8, 4) is 0 Å². The number of nitrogens with one attached hydrogen (secondary N) is 1. The number of amides is 1. The Balaban J connectivity index is 0.000000686. The summed E-state index contributed by atoms with van der Waals surface area (Å²) in [5.74, 6) is 0.212. The van der Waals surface area contributed by atoms with Crippen LogP contribution >= 0.6 is 0 Å². The molecule has 0 atom stereocenters. The summed E-state index contributed by atoms with van der Waals surface area (Å²) in [5, 5.41) is 13.2. The second-order valence-corrected chi connectivity index (χ2v) is 5.65. The summed E-state index contributed by atoms with van der Waals surface area (Å²) < 4.78 is 0. The van der Waals surface area contributed by atoms with Crippen LogP contribution in [0.5, 0.6) is 0 Å². The molecule has 2 bridgehead atoms. The van der Waals surface area contributed by atoms with Crippen LogP contribution in [-0.4, -0.2) is 22.2 Å². The quantitative estimate of drug-likeness (QED) is 0.781. The van der Waals surface area contributed by atoms with Crippen LogP contribution in [0.4, 0.5) is 0 Å². The first-order valence-electron chi connectivity index (χ1n) is 6.99. The first-order chi connectivity index (χ1) is 7.95. The highest BCUT2D eigenvalue weighted by molar-refractivity contribution is 5.78. The van der Waals surface area contributed by atoms with Gasteiger partial charge in [0.2, 0.25) is 5.91 Å². The van der Waals surface area contributed by atoms with E-state index in [-0.39, 0.29) is 17.4 Å². The van der Waals surface area contributed by atoms with Gasteiger partial charge >= 0.3 is 0 Å². The van der Waals surface area contributed by atoms with E-state index in [4.69, 9.17) is 0 Å². The third-order valence-corrected chi connectivity index (χ3v) is 4.12. The van der Waals surface area contributed by atoms with Crippen molar-refractivity contribution in [1.82, 2.24) is 5.32 Å². The number of carbonyl (C=O) groups excluding carboxylic acids is 1. The van der Waals surface area contributed by atoms with E-state index in [9.17, 15) is 9.90 Å². The summed E-state index contributed by atoms with van der Waals surface area (Å²) in [6, 6.07) is 0. The molecule has 0 aromatic rings. The van der Waals surface area contributed by atoms with Gasteiger partial charge in [0.05, 0.1) is 5.60 Å². The molecule has 3 saturated carbocycles.